The van der Waals surface area contributed by atoms with Gasteiger partial charge < -0.3 is 15.2 Å². The SMILES string of the molecule is CC(CO)NC(=O)c1ccc(CN2CC(C)OC(C)C2)cc1. The maximum Gasteiger partial charge on any atom is 0.251 e. The van der Waals surface area contributed by atoms with Crippen LogP contribution in [0.15, 0.2) is 24.3 Å². The third-order valence-electron chi connectivity index (χ3n) is 3.77. The van der Waals surface area contributed by atoms with Crippen molar-refractivity contribution in [2.75, 3.05) is 19.7 Å². The van der Waals surface area contributed by atoms with Crippen LogP contribution < -0.4 is 5.32 Å². The monoisotopic (exact) mass is 306 g/mol. The van der Waals surface area contributed by atoms with Gasteiger partial charge in [-0.15, -0.1) is 0 Å². The first-order valence-electron chi connectivity index (χ1n) is 7.86. The van der Waals surface area contributed by atoms with E-state index in [2.05, 4.69) is 24.1 Å². The molecule has 1 aliphatic heterocycles. The van der Waals surface area contributed by atoms with Crippen LogP contribution in [0.25, 0.3) is 0 Å². The summed E-state index contributed by atoms with van der Waals surface area (Å²) in [5.41, 5.74) is 1.81. The number of morpholine rings is 1. The van der Waals surface area contributed by atoms with E-state index >= 15 is 0 Å². The number of carbonyl (C=O) groups excluding carboxylic acids is 1. The van der Waals surface area contributed by atoms with Gasteiger partial charge in [0.2, 0.25) is 0 Å². The van der Waals surface area contributed by atoms with Crippen molar-refractivity contribution in [2.24, 2.45) is 0 Å². The molecule has 5 nitrogen and oxygen atoms in total. The molecule has 2 N–H and O–H groups in total. The maximum absolute atomic E-state index is 12.0. The van der Waals surface area contributed by atoms with Crippen LogP contribution in [0.1, 0.15) is 36.7 Å². The largest absolute Gasteiger partial charge is 0.394 e. The number of aliphatic hydroxyl groups excluding tert-OH is 1. The van der Waals surface area contributed by atoms with Crippen molar-refractivity contribution in [3.8, 4) is 0 Å². The molecule has 1 fully saturated rings. The van der Waals surface area contributed by atoms with Crippen molar-refractivity contribution in [1.82, 2.24) is 10.2 Å². The average Bonchev–Trinajstić information content (AvgIpc) is 2.46. The van der Waals surface area contributed by atoms with Gasteiger partial charge in [0, 0.05) is 31.2 Å². The molecule has 2 rings (SSSR count). The number of rotatable bonds is 5. The molecule has 3 atom stereocenters. The quantitative estimate of drug-likeness (QED) is 0.863. The number of hydrogen-bond donors (Lipinski definition) is 2. The Balaban J connectivity index is 1.93. The van der Waals surface area contributed by atoms with Gasteiger partial charge in [-0.3, -0.25) is 9.69 Å². The van der Waals surface area contributed by atoms with Crippen molar-refractivity contribution < 1.29 is 14.6 Å². The van der Waals surface area contributed by atoms with Gasteiger partial charge in [0.25, 0.3) is 5.91 Å². The first kappa shape index (κ1) is 16.9. The molecule has 0 aromatic heterocycles. The summed E-state index contributed by atoms with van der Waals surface area (Å²) < 4.78 is 5.74. The lowest BCUT2D eigenvalue weighted by molar-refractivity contribution is -0.0704. The predicted octanol–water partition coefficient (Wildman–Crippen LogP) is 1.41. The van der Waals surface area contributed by atoms with Crippen LogP contribution in [0.5, 0.6) is 0 Å². The first-order valence-corrected chi connectivity index (χ1v) is 7.86. The van der Waals surface area contributed by atoms with Crippen LogP contribution in [-0.2, 0) is 11.3 Å². The summed E-state index contributed by atoms with van der Waals surface area (Å²) in [6, 6.07) is 7.42. The number of carbonyl (C=O) groups is 1. The standard InChI is InChI=1S/C17H26N2O3/c1-12(11-20)18-17(21)16-6-4-15(5-7-16)10-19-8-13(2)22-14(3)9-19/h4-7,12-14,20H,8-11H2,1-3H3,(H,18,21). The van der Waals surface area contributed by atoms with E-state index in [4.69, 9.17) is 9.84 Å². The Morgan fingerprint density at radius 3 is 2.45 bits per heavy atom. The highest BCUT2D eigenvalue weighted by molar-refractivity contribution is 5.94. The second-order valence-corrected chi connectivity index (χ2v) is 6.21. The second-order valence-electron chi connectivity index (χ2n) is 6.21. The lowest BCUT2D eigenvalue weighted by Crippen LogP contribution is -2.44. The number of hydrogen-bond acceptors (Lipinski definition) is 4. The molecule has 22 heavy (non-hydrogen) atoms. The van der Waals surface area contributed by atoms with Gasteiger partial charge in [-0.1, -0.05) is 12.1 Å². The first-order chi connectivity index (χ1) is 10.5. The van der Waals surface area contributed by atoms with Gasteiger partial charge in [0.05, 0.1) is 18.8 Å². The Labute approximate surface area is 132 Å². The molecule has 1 aromatic carbocycles. The van der Waals surface area contributed by atoms with Gasteiger partial charge in [-0.25, -0.2) is 0 Å². The van der Waals surface area contributed by atoms with Crippen LogP contribution >= 0.6 is 0 Å². The molecule has 1 aromatic rings. The van der Waals surface area contributed by atoms with Gasteiger partial charge in [-0.05, 0) is 38.5 Å². The normalized spacial score (nSPS) is 24.0. The Kier molecular flexibility index (Phi) is 5.94. The van der Waals surface area contributed by atoms with Crippen molar-refractivity contribution >= 4 is 5.91 Å². The van der Waals surface area contributed by atoms with E-state index in [1.807, 2.05) is 24.3 Å². The number of nitrogens with zero attached hydrogens (tertiary/aromatic N) is 1. The fourth-order valence-corrected chi connectivity index (χ4v) is 2.79. The fourth-order valence-electron chi connectivity index (χ4n) is 2.79. The second kappa shape index (κ2) is 7.72. The molecule has 1 saturated heterocycles. The Morgan fingerprint density at radius 2 is 1.91 bits per heavy atom. The molecule has 0 bridgehead atoms. The van der Waals surface area contributed by atoms with E-state index in [1.165, 1.54) is 5.56 Å². The summed E-state index contributed by atoms with van der Waals surface area (Å²) in [7, 11) is 0. The molecule has 1 amide bonds. The van der Waals surface area contributed by atoms with E-state index < -0.39 is 0 Å². The lowest BCUT2D eigenvalue weighted by atomic mass is 10.1. The molecule has 1 heterocycles. The zero-order valence-corrected chi connectivity index (χ0v) is 13.6. The molecule has 0 spiro atoms. The average molecular weight is 306 g/mol. The zero-order valence-electron chi connectivity index (χ0n) is 13.6. The van der Waals surface area contributed by atoms with E-state index in [-0.39, 0.29) is 30.8 Å². The minimum Gasteiger partial charge on any atom is -0.394 e. The molecule has 0 radical (unpaired) electrons. The van der Waals surface area contributed by atoms with E-state index in [9.17, 15) is 4.79 Å². The number of ether oxygens (including phenoxy) is 1. The highest BCUT2D eigenvalue weighted by Gasteiger charge is 2.22. The molecule has 122 valence electrons. The highest BCUT2D eigenvalue weighted by Crippen LogP contribution is 2.14. The van der Waals surface area contributed by atoms with E-state index in [0.29, 0.717) is 5.56 Å². The minimum absolute atomic E-state index is 0.0583. The van der Waals surface area contributed by atoms with E-state index in [1.54, 1.807) is 6.92 Å². The summed E-state index contributed by atoms with van der Waals surface area (Å²) in [5, 5.41) is 11.7. The summed E-state index contributed by atoms with van der Waals surface area (Å²) in [4.78, 5) is 14.3. The maximum atomic E-state index is 12.0. The molecule has 1 aliphatic rings. The number of nitrogens with one attached hydrogen (secondary N) is 1. The summed E-state index contributed by atoms with van der Waals surface area (Å²) in [6.45, 7) is 8.63. The van der Waals surface area contributed by atoms with Crippen LogP contribution in [0.2, 0.25) is 0 Å². The lowest BCUT2D eigenvalue weighted by Gasteiger charge is -2.35. The van der Waals surface area contributed by atoms with Crippen LogP contribution in [0, 0.1) is 0 Å². The van der Waals surface area contributed by atoms with Gasteiger partial charge in [0.1, 0.15) is 0 Å². The molecular formula is C17H26N2O3. The van der Waals surface area contributed by atoms with Crippen molar-refractivity contribution in [3.63, 3.8) is 0 Å². The predicted molar refractivity (Wildman–Crippen MR) is 85.7 cm³/mol. The zero-order chi connectivity index (χ0) is 16.1. The molecule has 5 heteroatoms. The summed E-state index contributed by atoms with van der Waals surface area (Å²) in [5.74, 6) is -0.151. The Bertz CT molecular complexity index is 479. The third-order valence-corrected chi connectivity index (χ3v) is 3.77. The summed E-state index contributed by atoms with van der Waals surface area (Å²) >= 11 is 0. The van der Waals surface area contributed by atoms with Gasteiger partial charge in [0.15, 0.2) is 0 Å². The van der Waals surface area contributed by atoms with Crippen LogP contribution in [-0.4, -0.2) is 53.9 Å². The van der Waals surface area contributed by atoms with Crippen molar-refractivity contribution in [2.45, 2.75) is 45.6 Å². The smallest absolute Gasteiger partial charge is 0.251 e. The molecule has 0 aliphatic carbocycles. The minimum atomic E-state index is -0.233. The number of aliphatic hydroxyl groups is 1. The van der Waals surface area contributed by atoms with Gasteiger partial charge in [-0.2, -0.15) is 0 Å². The molecule has 0 saturated carbocycles. The fraction of sp³-hybridized carbons (Fsp3) is 0.588. The molecular weight excluding hydrogens is 280 g/mol. The number of amides is 1. The van der Waals surface area contributed by atoms with Crippen LogP contribution in [0.3, 0.4) is 0 Å². The molecule has 3 unspecified atom stereocenters. The Hall–Kier alpha value is -1.43. The Morgan fingerprint density at radius 1 is 1.32 bits per heavy atom. The summed E-state index contributed by atoms with van der Waals surface area (Å²) in [6.07, 6.45) is 0.516. The highest BCUT2D eigenvalue weighted by atomic mass is 16.5. The topological polar surface area (TPSA) is 61.8 Å². The van der Waals surface area contributed by atoms with Crippen LogP contribution in [0.4, 0.5) is 0 Å². The van der Waals surface area contributed by atoms with Gasteiger partial charge >= 0.3 is 0 Å². The van der Waals surface area contributed by atoms with Crippen molar-refractivity contribution in [3.05, 3.63) is 35.4 Å². The van der Waals surface area contributed by atoms with E-state index in [0.717, 1.165) is 19.6 Å². The number of benzene rings is 1. The third kappa shape index (κ3) is 4.80. The van der Waals surface area contributed by atoms with Crippen molar-refractivity contribution in [1.29, 1.82) is 0 Å².